The van der Waals surface area contributed by atoms with E-state index in [1.807, 2.05) is 23.6 Å². The zero-order valence-electron chi connectivity index (χ0n) is 27.6. The van der Waals surface area contributed by atoms with Gasteiger partial charge in [0.25, 0.3) is 11.8 Å². The third-order valence-electron chi connectivity index (χ3n) is 7.16. The van der Waals surface area contributed by atoms with Crippen molar-refractivity contribution in [2.24, 2.45) is 0 Å². The Bertz CT molecular complexity index is 2010. The minimum atomic E-state index is -0.562. The first kappa shape index (κ1) is 35.5. The number of carbonyl (C=O) groups excluding carboxylic acids is 3. The van der Waals surface area contributed by atoms with Gasteiger partial charge < -0.3 is 34.9 Å². The fraction of sp³-hybridized carbons (Fsp3) is 0.135. The number of rotatable bonds is 14. The molecule has 0 spiro atoms. The highest BCUT2D eigenvalue weighted by Crippen LogP contribution is 2.34. The molecule has 0 saturated heterocycles. The van der Waals surface area contributed by atoms with E-state index in [9.17, 15) is 14.4 Å². The van der Waals surface area contributed by atoms with Gasteiger partial charge in [-0.2, -0.15) is 0 Å². The van der Waals surface area contributed by atoms with E-state index in [1.54, 1.807) is 87.0 Å². The van der Waals surface area contributed by atoms with Crippen molar-refractivity contribution in [1.82, 2.24) is 10.3 Å². The Morgan fingerprint density at radius 1 is 0.780 bits per heavy atom. The molecule has 13 heteroatoms. The average molecular weight is 711 g/mol. The first-order valence-electron chi connectivity index (χ1n) is 15.1. The molecule has 0 aliphatic carbocycles. The first-order chi connectivity index (χ1) is 24.3. The van der Waals surface area contributed by atoms with Gasteiger partial charge >= 0.3 is 0 Å². The topological polar surface area (TPSA) is 137 Å². The summed E-state index contributed by atoms with van der Waals surface area (Å²) in [7, 11) is 6.19. The zero-order valence-corrected chi connectivity index (χ0v) is 29.3. The second-order valence-corrected chi connectivity index (χ2v) is 12.3. The average Bonchev–Trinajstić information content (AvgIpc) is 3.62. The van der Waals surface area contributed by atoms with Gasteiger partial charge in [0.2, 0.25) is 5.91 Å². The number of thiazole rings is 1. The van der Waals surface area contributed by atoms with Crippen molar-refractivity contribution in [3.05, 3.63) is 113 Å². The van der Waals surface area contributed by atoms with Crippen LogP contribution in [0.1, 0.15) is 15.9 Å². The van der Waals surface area contributed by atoms with Crippen LogP contribution in [0.2, 0.25) is 0 Å². The third-order valence-corrected chi connectivity index (χ3v) is 8.91. The standard InChI is InChI=1S/C37H34N4O7S2/c1-45-27-14-16-31(46-2)25(17-27)18-29(39-35(43)23-9-6-5-7-10-23)36(44)38-26-11-8-12-28(20-26)49-22-34(42)41-37-40-30(21-50-37)24-13-15-32(47-3)33(19-24)48-4/h5-21H,22H2,1-4H3,(H,38,44)(H,39,43)(H,40,41,42)/b29-18+. The largest absolute Gasteiger partial charge is 0.497 e. The smallest absolute Gasteiger partial charge is 0.272 e. The van der Waals surface area contributed by atoms with Gasteiger partial charge in [-0.05, 0) is 72.8 Å². The van der Waals surface area contributed by atoms with Gasteiger partial charge in [-0.1, -0.05) is 24.3 Å². The summed E-state index contributed by atoms with van der Waals surface area (Å²) in [5.74, 6) is 1.08. The monoisotopic (exact) mass is 710 g/mol. The Hall–Kier alpha value is -5.79. The lowest BCUT2D eigenvalue weighted by atomic mass is 10.1. The number of amides is 3. The van der Waals surface area contributed by atoms with Crippen LogP contribution in [0, 0.1) is 0 Å². The fourth-order valence-corrected chi connectivity index (χ4v) is 6.17. The molecule has 0 fully saturated rings. The van der Waals surface area contributed by atoms with E-state index in [1.165, 1.54) is 43.4 Å². The second kappa shape index (κ2) is 17.0. The summed E-state index contributed by atoms with van der Waals surface area (Å²) in [4.78, 5) is 44.8. The van der Waals surface area contributed by atoms with E-state index in [-0.39, 0.29) is 17.4 Å². The summed E-state index contributed by atoms with van der Waals surface area (Å²) < 4.78 is 21.5. The molecule has 0 aliphatic rings. The number of nitrogens with one attached hydrogen (secondary N) is 3. The van der Waals surface area contributed by atoms with Crippen molar-refractivity contribution >= 4 is 57.7 Å². The van der Waals surface area contributed by atoms with Crippen LogP contribution in [0.25, 0.3) is 17.3 Å². The molecule has 5 rings (SSSR count). The highest BCUT2D eigenvalue weighted by molar-refractivity contribution is 8.00. The van der Waals surface area contributed by atoms with Crippen LogP contribution < -0.4 is 34.9 Å². The Morgan fingerprint density at radius 3 is 2.28 bits per heavy atom. The molecule has 4 aromatic carbocycles. The van der Waals surface area contributed by atoms with E-state index < -0.39 is 11.8 Å². The molecule has 256 valence electrons. The summed E-state index contributed by atoms with van der Waals surface area (Å²) >= 11 is 2.61. The molecular weight excluding hydrogens is 677 g/mol. The van der Waals surface area contributed by atoms with E-state index in [4.69, 9.17) is 18.9 Å². The van der Waals surface area contributed by atoms with Crippen LogP contribution in [-0.2, 0) is 9.59 Å². The maximum absolute atomic E-state index is 13.6. The molecular formula is C37H34N4O7S2. The van der Waals surface area contributed by atoms with Crippen molar-refractivity contribution in [3.63, 3.8) is 0 Å². The Kier molecular flexibility index (Phi) is 12.1. The number of thioether (sulfide) groups is 1. The lowest BCUT2D eigenvalue weighted by molar-refractivity contribution is -0.114. The minimum Gasteiger partial charge on any atom is -0.497 e. The zero-order chi connectivity index (χ0) is 35.5. The summed E-state index contributed by atoms with van der Waals surface area (Å²) in [6.07, 6.45) is 1.52. The summed E-state index contributed by atoms with van der Waals surface area (Å²) in [5, 5.41) is 10.7. The molecule has 3 N–H and O–H groups in total. The lowest BCUT2D eigenvalue weighted by Crippen LogP contribution is -2.30. The molecule has 0 radical (unpaired) electrons. The SMILES string of the molecule is COc1ccc(OC)c(/C=C(/NC(=O)c2ccccc2)C(=O)Nc2cccc(SCC(=O)Nc3nc(-c4ccc(OC)c(OC)c4)cs3)c2)c1. The maximum atomic E-state index is 13.6. The van der Waals surface area contributed by atoms with Gasteiger partial charge in [0.15, 0.2) is 16.6 Å². The first-order valence-corrected chi connectivity index (χ1v) is 17.0. The molecule has 0 saturated carbocycles. The molecule has 5 aromatic rings. The van der Waals surface area contributed by atoms with E-state index in [0.29, 0.717) is 50.6 Å². The van der Waals surface area contributed by atoms with Gasteiger partial charge in [-0.15, -0.1) is 23.1 Å². The van der Waals surface area contributed by atoms with Gasteiger partial charge in [-0.3, -0.25) is 14.4 Å². The molecule has 0 bridgehead atoms. The van der Waals surface area contributed by atoms with Gasteiger partial charge in [0, 0.05) is 32.7 Å². The second-order valence-electron chi connectivity index (χ2n) is 10.4. The van der Waals surface area contributed by atoms with Crippen LogP contribution >= 0.6 is 23.1 Å². The number of aromatic nitrogens is 1. The summed E-state index contributed by atoms with van der Waals surface area (Å²) in [6, 6.07) is 26.3. The highest BCUT2D eigenvalue weighted by Gasteiger charge is 2.17. The summed E-state index contributed by atoms with van der Waals surface area (Å²) in [6.45, 7) is 0. The number of ether oxygens (including phenoxy) is 4. The molecule has 3 amide bonds. The van der Waals surface area contributed by atoms with Gasteiger partial charge in [0.1, 0.15) is 17.2 Å². The Labute approximate surface area is 297 Å². The molecule has 1 heterocycles. The quantitative estimate of drug-likeness (QED) is 0.0823. The van der Waals surface area contributed by atoms with E-state index in [2.05, 4.69) is 20.9 Å². The highest BCUT2D eigenvalue weighted by atomic mass is 32.2. The summed E-state index contributed by atoms with van der Waals surface area (Å²) in [5.41, 5.74) is 2.89. The van der Waals surface area contributed by atoms with Crippen LogP contribution in [0.15, 0.2) is 107 Å². The number of hydrogen-bond donors (Lipinski definition) is 3. The van der Waals surface area contributed by atoms with Crippen molar-refractivity contribution in [2.45, 2.75) is 4.90 Å². The number of anilines is 2. The lowest BCUT2D eigenvalue weighted by Gasteiger charge is -2.13. The number of nitrogens with zero attached hydrogens (tertiary/aromatic N) is 1. The predicted octanol–water partition coefficient (Wildman–Crippen LogP) is 6.98. The maximum Gasteiger partial charge on any atom is 0.272 e. The molecule has 0 unspecified atom stereocenters. The van der Waals surface area contributed by atoms with Crippen molar-refractivity contribution in [2.75, 3.05) is 44.8 Å². The third kappa shape index (κ3) is 9.21. The molecule has 50 heavy (non-hydrogen) atoms. The van der Waals surface area contributed by atoms with E-state index >= 15 is 0 Å². The van der Waals surface area contributed by atoms with Crippen LogP contribution in [0.5, 0.6) is 23.0 Å². The Morgan fingerprint density at radius 2 is 1.54 bits per heavy atom. The van der Waals surface area contributed by atoms with Crippen molar-refractivity contribution in [1.29, 1.82) is 0 Å². The number of benzene rings is 4. The number of methoxy groups -OCH3 is 4. The van der Waals surface area contributed by atoms with E-state index in [0.717, 1.165) is 10.5 Å². The molecule has 0 aliphatic heterocycles. The fourth-order valence-electron chi connectivity index (χ4n) is 4.68. The molecule has 1 aromatic heterocycles. The Balaban J connectivity index is 1.26. The van der Waals surface area contributed by atoms with Crippen LogP contribution in [-0.4, -0.2) is 56.9 Å². The predicted molar refractivity (Wildman–Crippen MR) is 197 cm³/mol. The normalized spacial score (nSPS) is 10.9. The van der Waals surface area contributed by atoms with Gasteiger partial charge in [-0.25, -0.2) is 4.98 Å². The minimum absolute atomic E-state index is 0.0151. The van der Waals surface area contributed by atoms with Crippen molar-refractivity contribution in [3.8, 4) is 34.3 Å². The van der Waals surface area contributed by atoms with Gasteiger partial charge in [0.05, 0.1) is 39.9 Å². The molecule has 11 nitrogen and oxygen atoms in total. The number of hydrogen-bond acceptors (Lipinski definition) is 10. The number of carbonyl (C=O) groups is 3. The molecule has 0 atom stereocenters. The van der Waals surface area contributed by atoms with Crippen LogP contribution in [0.3, 0.4) is 0 Å². The van der Waals surface area contributed by atoms with Crippen LogP contribution in [0.4, 0.5) is 10.8 Å². The van der Waals surface area contributed by atoms with Crippen molar-refractivity contribution < 1.29 is 33.3 Å².